The molecule has 0 fully saturated rings. The largest absolute Gasteiger partial charge is 1.00 e. The van der Waals surface area contributed by atoms with Gasteiger partial charge in [0.05, 0.1) is 5.69 Å². The zero-order valence-electron chi connectivity index (χ0n) is 10.4. The van der Waals surface area contributed by atoms with Crippen LogP contribution in [-0.2, 0) is 24.5 Å². The van der Waals surface area contributed by atoms with Crippen molar-refractivity contribution in [2.75, 3.05) is 0 Å². The summed E-state index contributed by atoms with van der Waals surface area (Å²) in [5.74, 6) is 0. The summed E-state index contributed by atoms with van der Waals surface area (Å²) in [6.45, 7) is 6.07. The van der Waals surface area contributed by atoms with Crippen LogP contribution in [0.1, 0.15) is 26.3 Å². The van der Waals surface area contributed by atoms with E-state index in [0.29, 0.717) is 4.90 Å². The summed E-state index contributed by atoms with van der Waals surface area (Å²) >= 11 is 0. The fraction of sp³-hybridized carbons (Fsp3) is 0.364. The molecule has 1 heterocycles. The van der Waals surface area contributed by atoms with Gasteiger partial charge in [-0.2, -0.15) is 0 Å². The van der Waals surface area contributed by atoms with E-state index in [1.165, 1.54) is 0 Å². The first-order valence-corrected chi connectivity index (χ1v) is 5.80. The van der Waals surface area contributed by atoms with Crippen LogP contribution in [0.25, 0.3) is 0 Å². The minimum atomic E-state index is -2.17. The first kappa shape index (κ1) is 17.4. The summed E-state index contributed by atoms with van der Waals surface area (Å²) in [6, 6.07) is 5.05. The Kier molecular flexibility index (Phi) is 6.21. The van der Waals surface area contributed by atoms with Crippen LogP contribution >= 0.6 is 0 Å². The maximum atomic E-state index is 10.9. The number of hydrogen-bond acceptors (Lipinski definition) is 5. The third-order valence-corrected chi connectivity index (χ3v) is 3.67. The average molecular weight is 278 g/mol. The van der Waals surface area contributed by atoms with Crippen LogP contribution in [0, 0.1) is 0 Å². The standard InChI is InChI=1S/C11H12NO2S.K.H2O/c1-7-11(2,3)9-6-8(15(13)14)4-5-10(9)12-7;;/h4-6H,1-3H3;;1H2/q-1;+1;/p-1. The third-order valence-electron chi connectivity index (χ3n) is 3.03. The molecule has 0 saturated carbocycles. The predicted molar refractivity (Wildman–Crippen MR) is 61.2 cm³/mol. The predicted octanol–water partition coefficient (Wildman–Crippen LogP) is -0.434. The Balaban J connectivity index is 0.00000128. The van der Waals surface area contributed by atoms with Crippen molar-refractivity contribution in [2.24, 2.45) is 4.99 Å². The number of benzene rings is 1. The maximum Gasteiger partial charge on any atom is 1.00 e. The van der Waals surface area contributed by atoms with Crippen molar-refractivity contribution in [3.05, 3.63) is 23.8 Å². The second kappa shape index (κ2) is 6.05. The molecule has 6 heteroatoms. The molecule has 0 aromatic heterocycles. The van der Waals surface area contributed by atoms with Crippen molar-refractivity contribution in [3.63, 3.8) is 0 Å². The van der Waals surface area contributed by atoms with Crippen LogP contribution in [0.2, 0.25) is 0 Å². The normalized spacial score (nSPS) is 15.6. The van der Waals surface area contributed by atoms with Gasteiger partial charge in [0, 0.05) is 11.1 Å². The van der Waals surface area contributed by atoms with Gasteiger partial charge in [0.1, 0.15) is 0 Å². The first-order chi connectivity index (χ1) is 6.93. The quantitative estimate of drug-likeness (QED) is 0.516. The summed E-state index contributed by atoms with van der Waals surface area (Å²) in [5, 5.41) is 0. The van der Waals surface area contributed by atoms with Gasteiger partial charge < -0.3 is 13.9 Å². The summed E-state index contributed by atoms with van der Waals surface area (Å²) in [5.41, 5.74) is 2.73. The van der Waals surface area contributed by atoms with E-state index in [1.54, 1.807) is 18.2 Å². The van der Waals surface area contributed by atoms with Gasteiger partial charge in [-0.3, -0.25) is 4.99 Å². The maximum absolute atomic E-state index is 10.9. The van der Waals surface area contributed by atoms with Crippen LogP contribution in [0.3, 0.4) is 0 Å². The summed E-state index contributed by atoms with van der Waals surface area (Å²) in [7, 11) is -2.17. The van der Waals surface area contributed by atoms with Crippen molar-refractivity contribution >= 4 is 22.1 Å². The van der Waals surface area contributed by atoms with Crippen molar-refractivity contribution in [1.29, 1.82) is 0 Å². The third kappa shape index (κ3) is 3.06. The zero-order chi connectivity index (χ0) is 11.2. The van der Waals surface area contributed by atoms with E-state index in [0.717, 1.165) is 17.0 Å². The molecule has 0 aliphatic carbocycles. The number of hydrogen-bond donors (Lipinski definition) is 0. The van der Waals surface area contributed by atoms with Crippen molar-refractivity contribution in [1.82, 2.24) is 0 Å². The summed E-state index contributed by atoms with van der Waals surface area (Å²) < 4.78 is 21.7. The Bertz CT molecular complexity index is 528. The Hall–Kier alpha value is 0.436. The second-order valence-electron chi connectivity index (χ2n) is 4.24. The van der Waals surface area contributed by atoms with Gasteiger partial charge in [-0.15, -0.1) is 0 Å². The molecule has 1 aliphatic heterocycles. The number of nitrogens with zero attached hydrogens (tertiary/aromatic N) is 1. The van der Waals surface area contributed by atoms with Crippen molar-refractivity contribution in [3.8, 4) is 0 Å². The number of aliphatic imine (C=N–C) groups is 1. The molecule has 4 nitrogen and oxygen atoms in total. The molecule has 0 radical (unpaired) electrons. The van der Waals surface area contributed by atoms with Gasteiger partial charge in [-0.05, 0) is 29.3 Å². The smallest absolute Gasteiger partial charge is 0.870 e. The molecule has 0 amide bonds. The molecule has 1 N–H and O–H groups in total. The Morgan fingerprint density at radius 2 is 1.82 bits per heavy atom. The number of fused-ring (bicyclic) bond motifs is 1. The molecule has 0 bridgehead atoms. The second-order valence-corrected chi connectivity index (χ2v) is 5.18. The van der Waals surface area contributed by atoms with Crippen molar-refractivity contribution in [2.45, 2.75) is 31.1 Å². The van der Waals surface area contributed by atoms with Gasteiger partial charge in [0.15, 0.2) is 0 Å². The van der Waals surface area contributed by atoms with E-state index < -0.39 is 10.7 Å². The van der Waals surface area contributed by atoms with Gasteiger partial charge in [0.25, 0.3) is 0 Å². The molecule has 0 unspecified atom stereocenters. The van der Waals surface area contributed by atoms with E-state index in [2.05, 4.69) is 18.8 Å². The van der Waals surface area contributed by atoms with Crippen LogP contribution in [0.15, 0.2) is 28.1 Å². The van der Waals surface area contributed by atoms with Crippen LogP contribution in [0.5, 0.6) is 0 Å². The van der Waals surface area contributed by atoms with Crippen LogP contribution in [0.4, 0.5) is 5.69 Å². The molecule has 1 aromatic carbocycles. The van der Waals surface area contributed by atoms with Gasteiger partial charge >= 0.3 is 51.4 Å². The van der Waals surface area contributed by atoms with Crippen LogP contribution < -0.4 is 51.4 Å². The molecular weight excluding hydrogens is 265 g/mol. The Labute approximate surface area is 145 Å². The average Bonchev–Trinajstić information content (AvgIpc) is 2.38. The molecule has 0 saturated heterocycles. The Morgan fingerprint density at radius 3 is 2.35 bits per heavy atom. The fourth-order valence-corrected chi connectivity index (χ4v) is 2.13. The van der Waals surface area contributed by atoms with Gasteiger partial charge in [-0.1, -0.05) is 30.9 Å². The van der Waals surface area contributed by atoms with E-state index in [1.807, 2.05) is 6.92 Å². The monoisotopic (exact) mass is 278 g/mol. The molecule has 1 aromatic rings. The summed E-state index contributed by atoms with van der Waals surface area (Å²) in [4.78, 5) is 4.75. The molecular formula is C11H13KNO3S-. The Morgan fingerprint density at radius 1 is 1.24 bits per heavy atom. The topological polar surface area (TPSA) is 76.5 Å². The fourth-order valence-electron chi connectivity index (χ4n) is 1.73. The van der Waals surface area contributed by atoms with Gasteiger partial charge in [-0.25, -0.2) is 0 Å². The zero-order valence-corrected chi connectivity index (χ0v) is 14.3. The molecule has 17 heavy (non-hydrogen) atoms. The minimum absolute atomic E-state index is 0. The van der Waals surface area contributed by atoms with Gasteiger partial charge in [0.2, 0.25) is 0 Å². The molecule has 88 valence electrons. The SMILES string of the molecule is CC1=Nc2ccc([S-](=O)=O)cc2C1(C)C.[K+].[OH-]. The van der Waals surface area contributed by atoms with E-state index in [-0.39, 0.29) is 62.3 Å². The minimum Gasteiger partial charge on any atom is -0.870 e. The number of rotatable bonds is 1. The van der Waals surface area contributed by atoms with Crippen LogP contribution in [-0.4, -0.2) is 11.2 Å². The van der Waals surface area contributed by atoms with E-state index in [9.17, 15) is 8.42 Å². The molecule has 0 spiro atoms. The van der Waals surface area contributed by atoms with E-state index in [4.69, 9.17) is 0 Å². The van der Waals surface area contributed by atoms with Crippen molar-refractivity contribution < 1.29 is 65.3 Å². The molecule has 0 atom stereocenters. The molecule has 1 aliphatic rings. The first-order valence-electron chi connectivity index (χ1n) is 4.72. The summed E-state index contributed by atoms with van der Waals surface area (Å²) in [6.07, 6.45) is 0. The van der Waals surface area contributed by atoms with E-state index >= 15 is 0 Å². The molecule has 2 rings (SSSR count).